The number of benzene rings is 1. The van der Waals surface area contributed by atoms with Gasteiger partial charge >= 0.3 is 0 Å². The summed E-state index contributed by atoms with van der Waals surface area (Å²) in [5.74, 6) is -0.998. The molecule has 1 aliphatic rings. The third kappa shape index (κ3) is 4.25. The van der Waals surface area contributed by atoms with E-state index in [1.807, 2.05) is 6.92 Å². The second kappa shape index (κ2) is 6.96. The summed E-state index contributed by atoms with van der Waals surface area (Å²) in [6, 6.07) is 3.68. The number of rotatable bonds is 6. The van der Waals surface area contributed by atoms with E-state index < -0.39 is 11.6 Å². The molecule has 0 spiro atoms. The van der Waals surface area contributed by atoms with E-state index in [4.69, 9.17) is 0 Å². The lowest BCUT2D eigenvalue weighted by Gasteiger charge is -2.17. The fraction of sp³-hybridized carbons (Fsp3) is 0.600. The van der Waals surface area contributed by atoms with Crippen molar-refractivity contribution < 1.29 is 8.78 Å². The Morgan fingerprint density at radius 3 is 2.68 bits per heavy atom. The molecule has 0 aliphatic carbocycles. The Balaban J connectivity index is 1.72. The molecular formula is C15H22F2N2. The van der Waals surface area contributed by atoms with Crippen LogP contribution in [0.5, 0.6) is 0 Å². The summed E-state index contributed by atoms with van der Waals surface area (Å²) in [5, 5.41) is 3.29. The number of nitrogens with zero attached hydrogens (tertiary/aromatic N) is 1. The van der Waals surface area contributed by atoms with Gasteiger partial charge in [-0.05, 0) is 58.4 Å². The van der Waals surface area contributed by atoms with Crippen LogP contribution in [0.2, 0.25) is 0 Å². The molecule has 1 aromatic carbocycles. The van der Waals surface area contributed by atoms with Gasteiger partial charge in [-0.25, -0.2) is 8.78 Å². The predicted octanol–water partition coefficient (Wildman–Crippen LogP) is 3.10. The van der Waals surface area contributed by atoms with Crippen molar-refractivity contribution in [2.24, 2.45) is 0 Å². The van der Waals surface area contributed by atoms with Crippen LogP contribution in [0.1, 0.15) is 37.8 Å². The molecule has 106 valence electrons. The third-order valence-corrected chi connectivity index (χ3v) is 3.73. The van der Waals surface area contributed by atoms with Gasteiger partial charge in [-0.3, -0.25) is 0 Å². The SMILES string of the molecule is CC(NCCCN1CCCC1)c1ccc(F)cc1F. The second-order valence-corrected chi connectivity index (χ2v) is 5.24. The summed E-state index contributed by atoms with van der Waals surface area (Å²) in [6.45, 7) is 6.29. The molecule has 1 saturated heterocycles. The van der Waals surface area contributed by atoms with Gasteiger partial charge in [0.1, 0.15) is 11.6 Å². The van der Waals surface area contributed by atoms with Crippen molar-refractivity contribution in [3.05, 3.63) is 35.4 Å². The lowest BCUT2D eigenvalue weighted by atomic mass is 10.1. The number of hydrogen-bond acceptors (Lipinski definition) is 2. The summed E-state index contributed by atoms with van der Waals surface area (Å²) < 4.78 is 26.4. The van der Waals surface area contributed by atoms with Gasteiger partial charge in [0, 0.05) is 17.7 Å². The Morgan fingerprint density at radius 2 is 2.00 bits per heavy atom. The van der Waals surface area contributed by atoms with Crippen LogP contribution in [-0.4, -0.2) is 31.1 Å². The molecule has 0 aromatic heterocycles. The molecular weight excluding hydrogens is 246 g/mol. The molecule has 0 amide bonds. The second-order valence-electron chi connectivity index (χ2n) is 5.24. The summed E-state index contributed by atoms with van der Waals surface area (Å²) in [4.78, 5) is 2.46. The Morgan fingerprint density at radius 1 is 1.26 bits per heavy atom. The monoisotopic (exact) mass is 268 g/mol. The smallest absolute Gasteiger partial charge is 0.130 e. The zero-order valence-electron chi connectivity index (χ0n) is 11.5. The van der Waals surface area contributed by atoms with Gasteiger partial charge in [-0.2, -0.15) is 0 Å². The quantitative estimate of drug-likeness (QED) is 0.798. The van der Waals surface area contributed by atoms with Crippen LogP contribution in [0.15, 0.2) is 18.2 Å². The maximum absolute atomic E-state index is 13.6. The van der Waals surface area contributed by atoms with Crippen LogP contribution >= 0.6 is 0 Å². The Labute approximate surface area is 113 Å². The van der Waals surface area contributed by atoms with Crippen molar-refractivity contribution in [1.29, 1.82) is 0 Å². The zero-order valence-corrected chi connectivity index (χ0v) is 11.5. The van der Waals surface area contributed by atoms with Gasteiger partial charge in [-0.1, -0.05) is 6.07 Å². The summed E-state index contributed by atoms with van der Waals surface area (Å²) in [7, 11) is 0. The molecule has 1 unspecified atom stereocenters. The molecule has 0 radical (unpaired) electrons. The molecule has 4 heteroatoms. The maximum Gasteiger partial charge on any atom is 0.130 e. The minimum absolute atomic E-state index is 0.0841. The third-order valence-electron chi connectivity index (χ3n) is 3.73. The Hall–Kier alpha value is -1.00. The summed E-state index contributed by atoms with van der Waals surface area (Å²) in [6.07, 6.45) is 3.68. The van der Waals surface area contributed by atoms with Gasteiger partial charge < -0.3 is 10.2 Å². The molecule has 1 atom stereocenters. The highest BCUT2D eigenvalue weighted by molar-refractivity contribution is 5.21. The lowest BCUT2D eigenvalue weighted by molar-refractivity contribution is 0.328. The molecule has 0 saturated carbocycles. The van der Waals surface area contributed by atoms with Crippen molar-refractivity contribution in [2.75, 3.05) is 26.2 Å². The molecule has 1 heterocycles. The number of halogens is 2. The molecule has 19 heavy (non-hydrogen) atoms. The molecule has 1 aromatic rings. The predicted molar refractivity (Wildman–Crippen MR) is 73.1 cm³/mol. The van der Waals surface area contributed by atoms with Gasteiger partial charge in [0.05, 0.1) is 0 Å². The van der Waals surface area contributed by atoms with E-state index in [-0.39, 0.29) is 6.04 Å². The van der Waals surface area contributed by atoms with Gasteiger partial charge in [-0.15, -0.1) is 0 Å². The summed E-state index contributed by atoms with van der Waals surface area (Å²) in [5.41, 5.74) is 0.530. The molecule has 0 bridgehead atoms. The van der Waals surface area contributed by atoms with Crippen LogP contribution < -0.4 is 5.32 Å². The van der Waals surface area contributed by atoms with E-state index in [9.17, 15) is 8.78 Å². The highest BCUT2D eigenvalue weighted by Gasteiger charge is 2.12. The van der Waals surface area contributed by atoms with E-state index in [0.29, 0.717) is 5.56 Å². The molecule has 1 aliphatic heterocycles. The van der Waals surface area contributed by atoms with Crippen LogP contribution in [-0.2, 0) is 0 Å². The average molecular weight is 268 g/mol. The largest absolute Gasteiger partial charge is 0.310 e. The minimum Gasteiger partial charge on any atom is -0.310 e. The van der Waals surface area contributed by atoms with Gasteiger partial charge in [0.2, 0.25) is 0 Å². The Bertz CT molecular complexity index is 403. The first kappa shape index (κ1) is 14.4. The first-order chi connectivity index (χ1) is 9.16. The first-order valence-corrected chi connectivity index (χ1v) is 7.07. The molecule has 2 nitrogen and oxygen atoms in total. The van der Waals surface area contributed by atoms with Crippen LogP contribution in [0.25, 0.3) is 0 Å². The topological polar surface area (TPSA) is 15.3 Å². The summed E-state index contributed by atoms with van der Waals surface area (Å²) >= 11 is 0. The van der Waals surface area contributed by atoms with Crippen molar-refractivity contribution >= 4 is 0 Å². The van der Waals surface area contributed by atoms with Crippen molar-refractivity contribution in [1.82, 2.24) is 10.2 Å². The number of likely N-dealkylation sites (tertiary alicyclic amines) is 1. The van der Waals surface area contributed by atoms with E-state index in [1.54, 1.807) is 0 Å². The fourth-order valence-electron chi connectivity index (χ4n) is 2.59. The number of hydrogen-bond donors (Lipinski definition) is 1. The normalized spacial score (nSPS) is 17.8. The maximum atomic E-state index is 13.6. The van der Waals surface area contributed by atoms with Crippen molar-refractivity contribution in [2.45, 2.75) is 32.2 Å². The van der Waals surface area contributed by atoms with Gasteiger partial charge in [0.25, 0.3) is 0 Å². The van der Waals surface area contributed by atoms with Gasteiger partial charge in [0.15, 0.2) is 0 Å². The van der Waals surface area contributed by atoms with E-state index >= 15 is 0 Å². The van der Waals surface area contributed by atoms with Crippen molar-refractivity contribution in [3.8, 4) is 0 Å². The Kier molecular flexibility index (Phi) is 5.28. The van der Waals surface area contributed by atoms with Crippen LogP contribution in [0.3, 0.4) is 0 Å². The molecule has 1 N–H and O–H groups in total. The molecule has 1 fully saturated rings. The van der Waals surface area contributed by atoms with E-state index in [0.717, 1.165) is 25.6 Å². The van der Waals surface area contributed by atoms with Crippen LogP contribution in [0.4, 0.5) is 8.78 Å². The van der Waals surface area contributed by atoms with E-state index in [2.05, 4.69) is 10.2 Å². The number of nitrogens with one attached hydrogen (secondary N) is 1. The lowest BCUT2D eigenvalue weighted by Crippen LogP contribution is -2.26. The van der Waals surface area contributed by atoms with Crippen molar-refractivity contribution in [3.63, 3.8) is 0 Å². The highest BCUT2D eigenvalue weighted by Crippen LogP contribution is 2.17. The average Bonchev–Trinajstić information content (AvgIpc) is 2.87. The standard InChI is InChI=1S/C15H22F2N2/c1-12(14-6-5-13(16)11-15(14)17)18-7-4-10-19-8-2-3-9-19/h5-6,11-12,18H,2-4,7-10H2,1H3. The fourth-order valence-corrected chi connectivity index (χ4v) is 2.59. The first-order valence-electron chi connectivity index (χ1n) is 7.07. The molecule has 2 rings (SSSR count). The zero-order chi connectivity index (χ0) is 13.7. The minimum atomic E-state index is -0.525. The van der Waals surface area contributed by atoms with E-state index in [1.165, 1.54) is 38.1 Å². The van der Waals surface area contributed by atoms with Crippen LogP contribution in [0, 0.1) is 11.6 Å². The highest BCUT2D eigenvalue weighted by atomic mass is 19.1.